The average Bonchev–Trinajstić information content (AvgIpc) is 3.20. The summed E-state index contributed by atoms with van der Waals surface area (Å²) >= 11 is 0. The molecule has 1 aromatic rings. The number of aliphatic carboxylic acids is 5. The zero-order valence-corrected chi connectivity index (χ0v) is 36.6. The lowest BCUT2D eigenvalue weighted by Crippen LogP contribution is -2.14. The van der Waals surface area contributed by atoms with Gasteiger partial charge < -0.3 is 45.2 Å². The third kappa shape index (κ3) is 17.6. The predicted molar refractivity (Wildman–Crippen MR) is 233 cm³/mol. The van der Waals surface area contributed by atoms with Gasteiger partial charge in [0.15, 0.2) is 0 Å². The van der Waals surface area contributed by atoms with E-state index in [2.05, 4.69) is 13.2 Å². The second-order valence-electron chi connectivity index (χ2n) is 13.8. The third-order valence-electron chi connectivity index (χ3n) is 8.14. The Kier molecular flexibility index (Phi) is 22.7. The fourth-order valence-electron chi connectivity index (χ4n) is 4.58. The summed E-state index contributed by atoms with van der Waals surface area (Å²) in [6.07, 6.45) is 7.39. The molecule has 0 aliphatic heterocycles. The lowest BCUT2D eigenvalue weighted by Gasteiger charge is -2.21. The number of esters is 4. The molecule has 342 valence electrons. The van der Waals surface area contributed by atoms with Crippen LogP contribution in [0, 0.1) is 0 Å². The summed E-state index contributed by atoms with van der Waals surface area (Å²) in [5.41, 5.74) is -4.25. The van der Waals surface area contributed by atoms with Crippen molar-refractivity contribution in [3.05, 3.63) is 121 Å². The molecule has 0 saturated heterocycles. The normalized spacial score (nSPS) is 12.5. The number of carboxylic acid groups (broad SMARTS) is 5. The summed E-state index contributed by atoms with van der Waals surface area (Å²) in [7, 11) is 0. The Morgan fingerprint density at radius 1 is 0.453 bits per heavy atom. The van der Waals surface area contributed by atoms with Gasteiger partial charge in [0.05, 0.1) is 13.2 Å². The van der Waals surface area contributed by atoms with Crippen LogP contribution in [-0.2, 0) is 52.6 Å². The molecule has 0 amide bonds. The van der Waals surface area contributed by atoms with Gasteiger partial charge in [0.2, 0.25) is 0 Å². The SMILES string of the molecule is C=C(C)C(=O)OC(=O)C(C)=CC(C=C(C)C(=O)OC(=O)C(=C)C)=C(C=C(C)C(=O)O)c1cc(C=C(C)C(=O)O)c(C=C(C)C(=O)O)c(C=C(C)C(=O)O)c1C=C(C)C(=O)O.OCCO. The average molecular weight is 891 g/mol. The van der Waals surface area contributed by atoms with Gasteiger partial charge in [-0.15, -0.1) is 0 Å². The Labute approximate surface area is 367 Å². The minimum absolute atomic E-state index is 0.113. The molecule has 1 aromatic carbocycles. The van der Waals surface area contributed by atoms with Gasteiger partial charge in [-0.1, -0.05) is 13.2 Å². The molecular weight excluding hydrogens is 840 g/mol. The van der Waals surface area contributed by atoms with Gasteiger partial charge in [-0.3, -0.25) is 0 Å². The van der Waals surface area contributed by atoms with Crippen molar-refractivity contribution in [2.45, 2.75) is 62.3 Å². The highest BCUT2D eigenvalue weighted by molar-refractivity contribution is 6.06. The Morgan fingerprint density at radius 3 is 1.11 bits per heavy atom. The summed E-state index contributed by atoms with van der Waals surface area (Å²) in [6.45, 7) is 17.3. The van der Waals surface area contributed by atoms with E-state index in [1.165, 1.54) is 47.6 Å². The molecule has 18 heteroatoms. The van der Waals surface area contributed by atoms with Gasteiger partial charge in [-0.2, -0.15) is 0 Å². The number of benzene rings is 1. The maximum atomic E-state index is 13.2. The largest absolute Gasteiger partial charge is 0.478 e. The van der Waals surface area contributed by atoms with Gasteiger partial charge in [0.1, 0.15) is 0 Å². The first-order chi connectivity index (χ1) is 29.5. The monoisotopic (exact) mass is 890 g/mol. The molecule has 0 bridgehead atoms. The number of allylic oxidation sites excluding steroid dienone is 5. The third-order valence-corrected chi connectivity index (χ3v) is 8.14. The Hall–Kier alpha value is -7.83. The van der Waals surface area contributed by atoms with Gasteiger partial charge in [0, 0.05) is 50.2 Å². The number of carboxylic acids is 5. The highest BCUT2D eigenvalue weighted by Crippen LogP contribution is 2.38. The van der Waals surface area contributed by atoms with E-state index < -0.39 is 64.9 Å². The summed E-state index contributed by atoms with van der Waals surface area (Å²) in [6, 6.07) is 1.22. The van der Waals surface area contributed by atoms with E-state index in [9.17, 15) is 68.7 Å². The van der Waals surface area contributed by atoms with Gasteiger partial charge in [0.25, 0.3) is 0 Å². The van der Waals surface area contributed by atoms with E-state index in [1.807, 2.05) is 0 Å². The fraction of sp³-hybridized carbons (Fsp3) is 0.239. The van der Waals surface area contributed by atoms with E-state index >= 15 is 0 Å². The number of hydrogen-bond donors (Lipinski definition) is 7. The molecule has 0 aliphatic rings. The van der Waals surface area contributed by atoms with Gasteiger partial charge >= 0.3 is 53.7 Å². The minimum atomic E-state index is -1.51. The molecule has 0 unspecified atom stereocenters. The molecule has 0 aromatic heterocycles. The van der Waals surface area contributed by atoms with E-state index in [4.69, 9.17) is 19.7 Å². The summed E-state index contributed by atoms with van der Waals surface area (Å²) < 4.78 is 9.71. The second-order valence-corrected chi connectivity index (χ2v) is 13.8. The van der Waals surface area contributed by atoms with Crippen molar-refractivity contribution in [3.8, 4) is 0 Å². The highest BCUT2D eigenvalue weighted by Gasteiger charge is 2.23. The number of rotatable bonds is 18. The smallest absolute Gasteiger partial charge is 0.341 e. The quantitative estimate of drug-likeness (QED) is 0.0409. The molecule has 7 N–H and O–H groups in total. The van der Waals surface area contributed by atoms with Crippen molar-refractivity contribution < 1.29 is 88.4 Å². The summed E-state index contributed by atoms with van der Waals surface area (Å²) in [5.74, 6) is -12.0. The number of carbonyl (C=O) groups is 9. The van der Waals surface area contributed by atoms with Crippen LogP contribution in [0.5, 0.6) is 0 Å². The first-order valence-electron chi connectivity index (χ1n) is 18.5. The minimum Gasteiger partial charge on any atom is -0.478 e. The first kappa shape index (κ1) is 56.2. The molecule has 1 rings (SSSR count). The Morgan fingerprint density at radius 2 is 0.781 bits per heavy atom. The van der Waals surface area contributed by atoms with Gasteiger partial charge in [-0.05, 0) is 150 Å². The highest BCUT2D eigenvalue weighted by atomic mass is 16.6. The molecule has 0 spiro atoms. The van der Waals surface area contributed by atoms with Crippen LogP contribution in [0.15, 0.2) is 93.2 Å². The van der Waals surface area contributed by atoms with Crippen molar-refractivity contribution in [3.63, 3.8) is 0 Å². The van der Waals surface area contributed by atoms with Crippen LogP contribution in [0.1, 0.15) is 90.1 Å². The van der Waals surface area contributed by atoms with Crippen LogP contribution in [0.25, 0.3) is 29.9 Å². The summed E-state index contributed by atoms with van der Waals surface area (Å²) in [4.78, 5) is 112. The number of ether oxygens (including phenoxy) is 2. The molecule has 0 atom stereocenters. The van der Waals surface area contributed by atoms with Crippen molar-refractivity contribution in [1.29, 1.82) is 0 Å². The predicted octanol–water partition coefficient (Wildman–Crippen LogP) is 5.58. The number of carbonyl (C=O) groups excluding carboxylic acids is 4. The van der Waals surface area contributed by atoms with Crippen molar-refractivity contribution >= 4 is 83.6 Å². The molecular formula is C46H50O18. The van der Waals surface area contributed by atoms with Crippen LogP contribution in [0.3, 0.4) is 0 Å². The Balaban J connectivity index is 0.00000948. The second kappa shape index (κ2) is 25.8. The van der Waals surface area contributed by atoms with E-state index in [1.54, 1.807) is 0 Å². The maximum absolute atomic E-state index is 13.2. The van der Waals surface area contributed by atoms with Crippen LogP contribution in [0.4, 0.5) is 0 Å². The molecule has 0 radical (unpaired) electrons. The maximum Gasteiger partial charge on any atom is 0.341 e. The van der Waals surface area contributed by atoms with E-state index in [-0.39, 0.29) is 91.2 Å². The molecule has 0 saturated carbocycles. The Bertz CT molecular complexity index is 2360. The fourth-order valence-corrected chi connectivity index (χ4v) is 4.58. The number of hydrogen-bond acceptors (Lipinski definition) is 13. The number of aliphatic hydroxyl groups is 2. The van der Waals surface area contributed by atoms with Crippen molar-refractivity contribution in [2.75, 3.05) is 13.2 Å². The molecule has 64 heavy (non-hydrogen) atoms. The van der Waals surface area contributed by atoms with Gasteiger partial charge in [-0.25, -0.2) is 43.2 Å². The van der Waals surface area contributed by atoms with Crippen LogP contribution >= 0.6 is 0 Å². The first-order valence-corrected chi connectivity index (χ1v) is 18.5. The number of aliphatic hydroxyl groups excluding tert-OH is 2. The zero-order valence-electron chi connectivity index (χ0n) is 36.6. The summed E-state index contributed by atoms with van der Waals surface area (Å²) in [5, 5.41) is 65.1. The molecule has 18 nitrogen and oxygen atoms in total. The molecule has 0 fully saturated rings. The zero-order chi connectivity index (χ0) is 49.9. The molecule has 0 aliphatic carbocycles. The molecule has 0 heterocycles. The lowest BCUT2D eigenvalue weighted by atomic mass is 9.83. The standard InChI is InChI=1S/C44H44O16.C2H6O2/c1-20(2)41(55)59-43(57)27(10)13-29(14-28(11)44(58)60-42(56)21(3)4)31(15-23(6)37(47)48)35-19-30(12-22(5)36(45)46)32(16-24(7)38(49)50)33(17-25(8)39(51)52)34(35)18-26(9)40(53)54;3-1-2-4/h12-19H,1,3H2,2,4-11H3,(H,45,46)(H,47,48)(H,49,50)(H,51,52)(H,53,54);3-4H,1-2H2. The van der Waals surface area contributed by atoms with Crippen molar-refractivity contribution in [2.24, 2.45) is 0 Å². The van der Waals surface area contributed by atoms with Crippen LogP contribution < -0.4 is 0 Å². The van der Waals surface area contributed by atoms with Crippen LogP contribution in [0.2, 0.25) is 0 Å². The van der Waals surface area contributed by atoms with Crippen molar-refractivity contribution in [1.82, 2.24) is 0 Å². The van der Waals surface area contributed by atoms with E-state index in [0.29, 0.717) is 0 Å². The van der Waals surface area contributed by atoms with Crippen LogP contribution in [-0.4, -0.2) is 103 Å². The lowest BCUT2D eigenvalue weighted by molar-refractivity contribution is -0.155. The van der Waals surface area contributed by atoms with E-state index in [0.717, 1.165) is 63.3 Å². The topological polar surface area (TPSA) is 314 Å².